The molecule has 0 nitrogen and oxygen atoms in total. The average Bonchev–Trinajstić information content (AvgIpc) is 2.84. The summed E-state index contributed by atoms with van der Waals surface area (Å²) in [7, 11) is -0.446. The molecule has 3 rings (SSSR count). The molecule has 0 saturated carbocycles. The highest BCUT2D eigenvalue weighted by Crippen LogP contribution is 2.32. The molecule has 0 amide bonds. The van der Waals surface area contributed by atoms with Crippen LogP contribution in [-0.2, 0) is 0 Å². The van der Waals surface area contributed by atoms with Gasteiger partial charge in [-0.2, -0.15) is 0 Å². The summed E-state index contributed by atoms with van der Waals surface area (Å²) in [6, 6.07) is 32.3. The molecule has 3 heteroatoms. The summed E-state index contributed by atoms with van der Waals surface area (Å²) in [6.45, 7) is 0. The van der Waals surface area contributed by atoms with Crippen molar-refractivity contribution in [2.45, 2.75) is 51.4 Å². The Bertz CT molecular complexity index is 674. The zero-order valence-corrected chi connectivity index (χ0v) is 22.5. The molecular formula is C28H35Br2P. The number of alkyl halides is 2. The second kappa shape index (κ2) is 17.6. The third kappa shape index (κ3) is 11.0. The standard InChI is InChI=1S/C18H15P.C10H20Br2/c1-4-10-16(11-5-1)19(17-12-6-2-7-13-17)18-14-8-3-9-15-18;11-9-7-5-3-1-2-4-6-8-10-12/h1-15H;1-10H2. The van der Waals surface area contributed by atoms with Gasteiger partial charge in [-0.15, -0.1) is 0 Å². The first-order chi connectivity index (χ1) is 15.4. The van der Waals surface area contributed by atoms with Gasteiger partial charge in [0.15, 0.2) is 0 Å². The molecule has 0 saturated heterocycles. The van der Waals surface area contributed by atoms with Crippen LogP contribution in [0.25, 0.3) is 0 Å². The number of benzene rings is 3. The van der Waals surface area contributed by atoms with Crippen LogP contribution >= 0.6 is 39.8 Å². The molecule has 0 atom stereocenters. The Morgan fingerprint density at radius 2 is 0.645 bits per heavy atom. The summed E-state index contributed by atoms with van der Waals surface area (Å²) >= 11 is 6.90. The van der Waals surface area contributed by atoms with Crippen LogP contribution in [0.3, 0.4) is 0 Å². The zero-order valence-electron chi connectivity index (χ0n) is 18.4. The van der Waals surface area contributed by atoms with E-state index in [4.69, 9.17) is 0 Å². The van der Waals surface area contributed by atoms with E-state index >= 15 is 0 Å². The molecule has 166 valence electrons. The van der Waals surface area contributed by atoms with Crippen LogP contribution in [0, 0.1) is 0 Å². The second-order valence-corrected chi connectivity index (χ2v) is 11.4. The van der Waals surface area contributed by atoms with Crippen molar-refractivity contribution >= 4 is 55.7 Å². The molecule has 0 aliphatic heterocycles. The minimum atomic E-state index is -0.446. The largest absolute Gasteiger partial charge is 0.0928 e. The van der Waals surface area contributed by atoms with Gasteiger partial charge in [0, 0.05) is 10.7 Å². The maximum absolute atomic E-state index is 3.45. The van der Waals surface area contributed by atoms with Gasteiger partial charge in [-0.1, -0.05) is 161 Å². The van der Waals surface area contributed by atoms with Gasteiger partial charge < -0.3 is 0 Å². The predicted octanol–water partition coefficient (Wildman–Crippen LogP) is 8.34. The zero-order chi connectivity index (χ0) is 22.0. The van der Waals surface area contributed by atoms with Crippen molar-refractivity contribution in [3.05, 3.63) is 91.0 Å². The average molecular weight is 562 g/mol. The fraction of sp³-hybridized carbons (Fsp3) is 0.357. The Morgan fingerprint density at radius 1 is 0.387 bits per heavy atom. The summed E-state index contributed by atoms with van der Waals surface area (Å²) in [5.41, 5.74) is 0. The van der Waals surface area contributed by atoms with Crippen LogP contribution in [0.2, 0.25) is 0 Å². The molecule has 0 fully saturated rings. The molecule has 31 heavy (non-hydrogen) atoms. The third-order valence-electron chi connectivity index (χ3n) is 5.06. The molecule has 0 aromatic heterocycles. The molecule has 3 aromatic carbocycles. The molecule has 0 spiro atoms. The third-order valence-corrected chi connectivity index (χ3v) is 8.63. The summed E-state index contributed by atoms with van der Waals surface area (Å²) in [6.07, 6.45) is 11.3. The highest BCUT2D eigenvalue weighted by molar-refractivity contribution is 9.09. The van der Waals surface area contributed by atoms with Crippen LogP contribution in [-0.4, -0.2) is 10.7 Å². The molecule has 0 unspecified atom stereocenters. The summed E-state index contributed by atoms with van der Waals surface area (Å²) in [5, 5.41) is 6.55. The van der Waals surface area contributed by atoms with Gasteiger partial charge in [-0.05, 0) is 36.7 Å². The van der Waals surface area contributed by atoms with E-state index in [0.29, 0.717) is 0 Å². The number of unbranched alkanes of at least 4 members (excludes halogenated alkanes) is 7. The normalized spacial score (nSPS) is 10.5. The van der Waals surface area contributed by atoms with E-state index in [2.05, 4.69) is 123 Å². The maximum Gasteiger partial charge on any atom is 0.00313 e. The van der Waals surface area contributed by atoms with Crippen LogP contribution < -0.4 is 15.9 Å². The van der Waals surface area contributed by atoms with E-state index in [1.165, 1.54) is 77.9 Å². The van der Waals surface area contributed by atoms with E-state index in [1.54, 1.807) is 0 Å². The van der Waals surface area contributed by atoms with Crippen molar-refractivity contribution in [3.63, 3.8) is 0 Å². The van der Waals surface area contributed by atoms with E-state index in [0.717, 1.165) is 0 Å². The van der Waals surface area contributed by atoms with Crippen LogP contribution in [0.15, 0.2) is 91.0 Å². The first-order valence-corrected chi connectivity index (χ1v) is 15.0. The van der Waals surface area contributed by atoms with Gasteiger partial charge in [-0.25, -0.2) is 0 Å². The smallest absolute Gasteiger partial charge is 0.00313 e. The molecule has 3 aromatic rings. The van der Waals surface area contributed by atoms with Crippen molar-refractivity contribution in [2.24, 2.45) is 0 Å². The summed E-state index contributed by atoms with van der Waals surface area (Å²) in [4.78, 5) is 0. The molecule has 0 aliphatic rings. The van der Waals surface area contributed by atoms with Crippen LogP contribution in [0.1, 0.15) is 51.4 Å². The number of hydrogen-bond acceptors (Lipinski definition) is 0. The van der Waals surface area contributed by atoms with E-state index in [-0.39, 0.29) is 0 Å². The Kier molecular flexibility index (Phi) is 14.9. The van der Waals surface area contributed by atoms with Crippen LogP contribution in [0.4, 0.5) is 0 Å². The number of rotatable bonds is 12. The first-order valence-electron chi connectivity index (χ1n) is 11.4. The lowest BCUT2D eigenvalue weighted by molar-refractivity contribution is 0.588. The van der Waals surface area contributed by atoms with E-state index < -0.39 is 7.92 Å². The van der Waals surface area contributed by atoms with Crippen molar-refractivity contribution < 1.29 is 0 Å². The Morgan fingerprint density at radius 3 is 0.903 bits per heavy atom. The summed E-state index contributed by atoms with van der Waals surface area (Å²) in [5.74, 6) is 0. The fourth-order valence-electron chi connectivity index (χ4n) is 3.43. The molecule has 0 aliphatic carbocycles. The van der Waals surface area contributed by atoms with Gasteiger partial charge in [0.25, 0.3) is 0 Å². The Balaban J connectivity index is 0.000000248. The van der Waals surface area contributed by atoms with Gasteiger partial charge in [0.05, 0.1) is 0 Å². The van der Waals surface area contributed by atoms with E-state index in [9.17, 15) is 0 Å². The van der Waals surface area contributed by atoms with Gasteiger partial charge in [-0.3, -0.25) is 0 Å². The first kappa shape index (κ1) is 26.3. The van der Waals surface area contributed by atoms with Crippen LogP contribution in [0.5, 0.6) is 0 Å². The monoisotopic (exact) mass is 560 g/mol. The second-order valence-electron chi connectivity index (χ2n) is 7.55. The van der Waals surface area contributed by atoms with Crippen molar-refractivity contribution in [1.29, 1.82) is 0 Å². The van der Waals surface area contributed by atoms with Crippen molar-refractivity contribution in [1.82, 2.24) is 0 Å². The Hall–Kier alpha value is -0.950. The summed E-state index contributed by atoms with van der Waals surface area (Å²) < 4.78 is 0. The lowest BCUT2D eigenvalue weighted by Crippen LogP contribution is -2.20. The SMILES string of the molecule is BrCCCCCCCCCCBr.c1ccc(P(c2ccccc2)c2ccccc2)cc1. The lowest BCUT2D eigenvalue weighted by atomic mass is 10.1. The van der Waals surface area contributed by atoms with Gasteiger partial charge in [0.1, 0.15) is 0 Å². The maximum atomic E-state index is 3.45. The lowest BCUT2D eigenvalue weighted by Gasteiger charge is -2.18. The molecule has 0 bridgehead atoms. The molecular weight excluding hydrogens is 527 g/mol. The highest BCUT2D eigenvalue weighted by atomic mass is 79.9. The van der Waals surface area contributed by atoms with Crippen molar-refractivity contribution in [2.75, 3.05) is 10.7 Å². The number of hydrogen-bond donors (Lipinski definition) is 0. The van der Waals surface area contributed by atoms with Gasteiger partial charge >= 0.3 is 0 Å². The molecule has 0 N–H and O–H groups in total. The minimum absolute atomic E-state index is 0.446. The van der Waals surface area contributed by atoms with E-state index in [1.807, 2.05) is 0 Å². The predicted molar refractivity (Wildman–Crippen MR) is 150 cm³/mol. The topological polar surface area (TPSA) is 0 Å². The van der Waals surface area contributed by atoms with Gasteiger partial charge in [0.2, 0.25) is 0 Å². The Labute approximate surface area is 207 Å². The minimum Gasteiger partial charge on any atom is -0.0928 e. The molecule has 0 radical (unpaired) electrons. The van der Waals surface area contributed by atoms with Crippen molar-refractivity contribution in [3.8, 4) is 0 Å². The number of halogens is 2. The highest BCUT2D eigenvalue weighted by Gasteiger charge is 2.14. The quantitative estimate of drug-likeness (QED) is 0.118. The fourth-order valence-corrected chi connectivity index (χ4v) is 6.53. The molecule has 0 heterocycles.